The summed E-state index contributed by atoms with van der Waals surface area (Å²) in [5, 5.41) is 10.7. The van der Waals surface area contributed by atoms with E-state index in [1.165, 1.54) is 0 Å². The number of piperazine rings is 1. The van der Waals surface area contributed by atoms with E-state index in [0.29, 0.717) is 43.3 Å². The molecule has 0 aliphatic carbocycles. The average molecular weight is 473 g/mol. The monoisotopic (exact) mass is 472 g/mol. The predicted octanol–water partition coefficient (Wildman–Crippen LogP) is 2.33. The lowest BCUT2D eigenvalue weighted by Gasteiger charge is -2.34. The van der Waals surface area contributed by atoms with Crippen LogP contribution in [0.25, 0.3) is 5.69 Å². The molecule has 4 rings (SSSR count). The van der Waals surface area contributed by atoms with E-state index in [2.05, 4.69) is 31.5 Å². The zero-order valence-electron chi connectivity index (χ0n) is 16.4. The number of benzene rings is 1. The highest BCUT2D eigenvalue weighted by Crippen LogP contribution is 2.15. The molecule has 2 aromatic heterocycles. The lowest BCUT2D eigenvalue weighted by Crippen LogP contribution is -2.50. The van der Waals surface area contributed by atoms with E-state index >= 15 is 0 Å². The van der Waals surface area contributed by atoms with Crippen molar-refractivity contribution in [2.45, 2.75) is 6.92 Å². The van der Waals surface area contributed by atoms with Crippen LogP contribution in [0.5, 0.6) is 0 Å². The van der Waals surface area contributed by atoms with Gasteiger partial charge >= 0.3 is 0 Å². The summed E-state index contributed by atoms with van der Waals surface area (Å²) in [7, 11) is 0. The van der Waals surface area contributed by atoms with Gasteiger partial charge in [0.1, 0.15) is 5.76 Å². The molecular weight excluding hydrogens is 452 g/mol. The van der Waals surface area contributed by atoms with Crippen LogP contribution in [0.4, 0.5) is 5.82 Å². The third kappa shape index (κ3) is 4.77. The summed E-state index contributed by atoms with van der Waals surface area (Å²) in [6.45, 7) is 4.43. The lowest BCUT2D eigenvalue weighted by molar-refractivity contribution is -0.117. The van der Waals surface area contributed by atoms with Crippen molar-refractivity contribution < 1.29 is 14.1 Å². The minimum absolute atomic E-state index is 0.00892. The molecule has 1 N–H and O–H groups in total. The summed E-state index contributed by atoms with van der Waals surface area (Å²) in [6.07, 6.45) is 3.57. The Bertz CT molecular complexity index is 1040. The predicted molar refractivity (Wildman–Crippen MR) is 113 cm³/mol. The molecule has 10 heteroatoms. The lowest BCUT2D eigenvalue weighted by atomic mass is 10.1. The number of nitrogens with zero attached hydrogens (tertiary/aromatic N) is 5. The van der Waals surface area contributed by atoms with Crippen LogP contribution >= 0.6 is 15.9 Å². The van der Waals surface area contributed by atoms with Gasteiger partial charge in [0.15, 0.2) is 5.82 Å². The van der Waals surface area contributed by atoms with E-state index in [0.717, 1.165) is 10.2 Å². The number of amides is 2. The molecule has 0 unspecified atom stereocenters. The maximum atomic E-state index is 12.8. The summed E-state index contributed by atoms with van der Waals surface area (Å²) in [4.78, 5) is 28.8. The second-order valence-corrected chi connectivity index (χ2v) is 8.01. The highest BCUT2D eigenvalue weighted by atomic mass is 79.9. The highest BCUT2D eigenvalue weighted by Gasteiger charge is 2.23. The number of nitrogens with one attached hydrogen (secondary N) is 1. The Morgan fingerprint density at radius 3 is 2.50 bits per heavy atom. The Morgan fingerprint density at radius 1 is 1.17 bits per heavy atom. The smallest absolute Gasteiger partial charge is 0.253 e. The molecule has 1 saturated heterocycles. The van der Waals surface area contributed by atoms with Crippen molar-refractivity contribution in [3.8, 4) is 5.69 Å². The third-order valence-electron chi connectivity index (χ3n) is 4.85. The van der Waals surface area contributed by atoms with E-state index in [4.69, 9.17) is 4.52 Å². The quantitative estimate of drug-likeness (QED) is 0.611. The Balaban J connectivity index is 1.28. The molecule has 30 heavy (non-hydrogen) atoms. The zero-order chi connectivity index (χ0) is 21.1. The van der Waals surface area contributed by atoms with E-state index in [1.807, 2.05) is 40.3 Å². The Morgan fingerprint density at radius 2 is 1.90 bits per heavy atom. The Hall–Kier alpha value is -2.98. The maximum Gasteiger partial charge on any atom is 0.253 e. The summed E-state index contributed by atoms with van der Waals surface area (Å²) in [6, 6.07) is 9.04. The first-order valence-electron chi connectivity index (χ1n) is 9.53. The molecule has 3 aromatic rings. The van der Waals surface area contributed by atoms with Crippen molar-refractivity contribution >= 4 is 33.6 Å². The van der Waals surface area contributed by atoms with E-state index in [-0.39, 0.29) is 18.4 Å². The van der Waals surface area contributed by atoms with Crippen LogP contribution in [-0.2, 0) is 4.79 Å². The second kappa shape index (κ2) is 8.80. The zero-order valence-corrected chi connectivity index (χ0v) is 18.0. The van der Waals surface area contributed by atoms with Crippen molar-refractivity contribution in [1.29, 1.82) is 0 Å². The number of aromatic nitrogens is 3. The summed E-state index contributed by atoms with van der Waals surface area (Å²) >= 11 is 3.38. The van der Waals surface area contributed by atoms with Gasteiger partial charge in [0.25, 0.3) is 5.91 Å². The number of halogens is 1. The van der Waals surface area contributed by atoms with Crippen LogP contribution in [0.15, 0.2) is 51.7 Å². The molecule has 0 spiro atoms. The topological polar surface area (TPSA) is 96.5 Å². The van der Waals surface area contributed by atoms with Gasteiger partial charge in [0, 0.05) is 44.0 Å². The largest absolute Gasteiger partial charge is 0.360 e. The average Bonchev–Trinajstić information content (AvgIpc) is 3.36. The minimum atomic E-state index is -0.149. The van der Waals surface area contributed by atoms with E-state index < -0.39 is 0 Å². The van der Waals surface area contributed by atoms with Crippen LogP contribution in [0, 0.1) is 6.92 Å². The van der Waals surface area contributed by atoms with Gasteiger partial charge in [0.05, 0.1) is 22.9 Å². The van der Waals surface area contributed by atoms with E-state index in [9.17, 15) is 9.59 Å². The number of hydrogen-bond donors (Lipinski definition) is 1. The Labute approximate surface area is 181 Å². The fourth-order valence-electron chi connectivity index (χ4n) is 3.30. The van der Waals surface area contributed by atoms with Gasteiger partial charge in [-0.05, 0) is 47.1 Å². The summed E-state index contributed by atoms with van der Waals surface area (Å²) in [5.74, 6) is 0.898. The molecule has 1 fully saturated rings. The number of rotatable bonds is 5. The van der Waals surface area contributed by atoms with Crippen molar-refractivity contribution in [1.82, 2.24) is 24.7 Å². The molecule has 0 atom stereocenters. The van der Waals surface area contributed by atoms with Crippen LogP contribution in [0.1, 0.15) is 16.1 Å². The third-order valence-corrected chi connectivity index (χ3v) is 5.26. The molecule has 1 aromatic carbocycles. The Kier molecular flexibility index (Phi) is 5.96. The molecule has 2 amide bonds. The molecule has 1 aliphatic heterocycles. The van der Waals surface area contributed by atoms with Crippen molar-refractivity contribution in [3.63, 3.8) is 0 Å². The second-order valence-electron chi connectivity index (χ2n) is 7.09. The van der Waals surface area contributed by atoms with Crippen LogP contribution in [0.2, 0.25) is 0 Å². The summed E-state index contributed by atoms with van der Waals surface area (Å²) < 4.78 is 7.57. The van der Waals surface area contributed by atoms with Crippen molar-refractivity contribution in [2.24, 2.45) is 0 Å². The molecule has 0 radical (unpaired) electrons. The molecule has 3 heterocycles. The number of hydrogen-bond acceptors (Lipinski definition) is 6. The molecule has 0 bridgehead atoms. The van der Waals surface area contributed by atoms with Crippen molar-refractivity contribution in [2.75, 3.05) is 38.0 Å². The first kappa shape index (κ1) is 20.3. The van der Waals surface area contributed by atoms with Gasteiger partial charge in [-0.2, -0.15) is 5.10 Å². The fourth-order valence-corrected chi connectivity index (χ4v) is 3.59. The van der Waals surface area contributed by atoms with Crippen LogP contribution in [-0.4, -0.2) is 69.3 Å². The van der Waals surface area contributed by atoms with Crippen LogP contribution in [0.3, 0.4) is 0 Å². The van der Waals surface area contributed by atoms with Gasteiger partial charge in [-0.1, -0.05) is 5.16 Å². The summed E-state index contributed by atoms with van der Waals surface area (Å²) in [5.41, 5.74) is 1.52. The molecule has 0 saturated carbocycles. The van der Waals surface area contributed by atoms with Gasteiger partial charge < -0.3 is 14.7 Å². The SMILES string of the molecule is Cc1cc(NC(=O)CN2CCN(C(=O)c3ccc(-n4cc(Br)cn4)cc3)CC2)no1. The van der Waals surface area contributed by atoms with Crippen molar-refractivity contribution in [3.05, 3.63) is 58.5 Å². The number of carbonyl (C=O) groups is 2. The van der Waals surface area contributed by atoms with E-state index in [1.54, 1.807) is 23.9 Å². The van der Waals surface area contributed by atoms with Gasteiger partial charge in [-0.15, -0.1) is 0 Å². The first-order chi connectivity index (χ1) is 14.5. The van der Waals surface area contributed by atoms with Gasteiger partial charge in [-0.3, -0.25) is 14.5 Å². The minimum Gasteiger partial charge on any atom is -0.360 e. The number of carbonyl (C=O) groups excluding carboxylic acids is 2. The maximum absolute atomic E-state index is 12.8. The fraction of sp³-hybridized carbons (Fsp3) is 0.300. The number of anilines is 1. The standard InChI is InChI=1S/C20H21BrN6O3/c1-14-10-18(24-30-14)23-19(28)13-25-6-8-26(9-7-25)20(29)15-2-4-17(5-3-15)27-12-16(21)11-22-27/h2-5,10-12H,6-9,13H2,1H3,(H,23,24,28). The number of aryl methyl sites for hydroxylation is 1. The van der Waals surface area contributed by atoms with Gasteiger partial charge in [-0.25, -0.2) is 4.68 Å². The molecule has 9 nitrogen and oxygen atoms in total. The molecule has 156 valence electrons. The van der Waals surface area contributed by atoms with Gasteiger partial charge in [0.2, 0.25) is 5.91 Å². The first-order valence-corrected chi connectivity index (χ1v) is 10.3. The highest BCUT2D eigenvalue weighted by molar-refractivity contribution is 9.10. The van der Waals surface area contributed by atoms with Crippen LogP contribution < -0.4 is 5.32 Å². The molecule has 1 aliphatic rings. The molecular formula is C20H21BrN6O3. The normalized spacial score (nSPS) is 14.7.